The van der Waals surface area contributed by atoms with Crippen molar-refractivity contribution in [1.82, 2.24) is 14.8 Å². The van der Waals surface area contributed by atoms with Gasteiger partial charge >= 0.3 is 0 Å². The van der Waals surface area contributed by atoms with Gasteiger partial charge in [-0.1, -0.05) is 47.2 Å². The molecule has 1 fully saturated rings. The van der Waals surface area contributed by atoms with Crippen molar-refractivity contribution in [3.63, 3.8) is 0 Å². The summed E-state index contributed by atoms with van der Waals surface area (Å²) < 4.78 is 2.06. The van der Waals surface area contributed by atoms with E-state index in [1.165, 1.54) is 17.3 Å². The Balaban J connectivity index is 1.62. The summed E-state index contributed by atoms with van der Waals surface area (Å²) in [6, 6.07) is 18.3. The summed E-state index contributed by atoms with van der Waals surface area (Å²) in [4.78, 5) is 17.5. The fourth-order valence-corrected chi connectivity index (χ4v) is 4.99. The van der Waals surface area contributed by atoms with Crippen LogP contribution in [-0.2, 0) is 4.79 Å². The zero-order valence-electron chi connectivity index (χ0n) is 19.9. The number of rotatable bonds is 8. The Morgan fingerprint density at radius 1 is 1.06 bits per heavy atom. The largest absolute Gasteiger partial charge is 0.341 e. The first-order chi connectivity index (χ1) is 16.5. The smallest absolute Gasteiger partial charge is 0.240 e. The summed E-state index contributed by atoms with van der Waals surface area (Å²) in [7, 11) is 0. The van der Waals surface area contributed by atoms with E-state index >= 15 is 0 Å². The monoisotopic (exact) mass is 474 g/mol. The predicted octanol–water partition coefficient (Wildman–Crippen LogP) is 4.91. The third-order valence-corrected chi connectivity index (χ3v) is 7.02. The van der Waals surface area contributed by atoms with Crippen LogP contribution in [0.4, 0.5) is 11.6 Å². The number of carbonyl (C=O) groups excluding carboxylic acids is 1. The minimum atomic E-state index is -0.403. The predicted molar refractivity (Wildman–Crippen MR) is 137 cm³/mol. The molecule has 4 rings (SSSR count). The molecule has 8 heteroatoms. The van der Waals surface area contributed by atoms with E-state index in [1.54, 1.807) is 4.90 Å². The summed E-state index contributed by atoms with van der Waals surface area (Å²) in [5.74, 6) is 0.772. The van der Waals surface area contributed by atoms with Crippen LogP contribution in [0.25, 0.3) is 5.69 Å². The molecule has 0 bridgehead atoms. The minimum absolute atomic E-state index is 0.0507. The van der Waals surface area contributed by atoms with E-state index in [-0.39, 0.29) is 12.3 Å². The van der Waals surface area contributed by atoms with Crippen LogP contribution in [0.2, 0.25) is 0 Å². The molecule has 1 saturated heterocycles. The highest BCUT2D eigenvalue weighted by Gasteiger charge is 2.28. The molecular weight excluding hydrogens is 444 g/mol. The standard InChI is InChI=1S/C26H30N6OS/c1-19-7-11-22(12-8-19)31(18-6-15-27)24(33)21(3)34-26-29-28-25(30-16-4-5-17-30)32(26)23-13-9-20(2)10-14-23/h7-14,21H,4-6,16-18H2,1-3H3. The first kappa shape index (κ1) is 23.8. The summed E-state index contributed by atoms with van der Waals surface area (Å²) >= 11 is 1.41. The molecule has 2 heterocycles. The second-order valence-electron chi connectivity index (χ2n) is 8.64. The highest BCUT2D eigenvalue weighted by Crippen LogP contribution is 2.32. The molecule has 34 heavy (non-hydrogen) atoms. The fraction of sp³-hybridized carbons (Fsp3) is 0.385. The van der Waals surface area contributed by atoms with Gasteiger partial charge in [0.1, 0.15) is 0 Å². The van der Waals surface area contributed by atoms with Crippen molar-refractivity contribution in [2.45, 2.75) is 50.4 Å². The third kappa shape index (κ3) is 5.26. The van der Waals surface area contributed by atoms with Crippen LogP contribution in [0.1, 0.15) is 37.3 Å². The Kier molecular flexibility index (Phi) is 7.53. The van der Waals surface area contributed by atoms with Crippen molar-refractivity contribution in [1.29, 1.82) is 5.26 Å². The van der Waals surface area contributed by atoms with Gasteiger partial charge in [0, 0.05) is 25.3 Å². The molecule has 0 aliphatic carbocycles. The summed E-state index contributed by atoms with van der Waals surface area (Å²) in [5.41, 5.74) is 4.10. The maximum atomic E-state index is 13.5. The molecule has 0 N–H and O–H groups in total. The molecule has 1 aromatic heterocycles. The highest BCUT2D eigenvalue weighted by molar-refractivity contribution is 8.00. The Morgan fingerprint density at radius 3 is 2.29 bits per heavy atom. The van der Waals surface area contributed by atoms with Gasteiger partial charge in [0.05, 0.1) is 23.4 Å². The molecular formula is C26H30N6OS. The van der Waals surface area contributed by atoms with Crippen molar-refractivity contribution >= 4 is 29.3 Å². The van der Waals surface area contributed by atoms with Crippen molar-refractivity contribution in [3.8, 4) is 11.8 Å². The molecule has 1 amide bonds. The first-order valence-corrected chi connectivity index (χ1v) is 12.5. The number of nitriles is 1. The number of aryl methyl sites for hydroxylation is 2. The number of amides is 1. The molecule has 1 atom stereocenters. The Labute approximate surface area is 205 Å². The number of hydrogen-bond acceptors (Lipinski definition) is 6. The molecule has 1 unspecified atom stereocenters. The SMILES string of the molecule is Cc1ccc(N(CCC#N)C(=O)C(C)Sc2nnc(N3CCCC3)n2-c2ccc(C)cc2)cc1. The van der Waals surface area contributed by atoms with Crippen molar-refractivity contribution < 1.29 is 4.79 Å². The van der Waals surface area contributed by atoms with Gasteiger partial charge in [0.15, 0.2) is 5.16 Å². The Bertz CT molecular complexity index is 1160. The Hall–Kier alpha value is -3.31. The van der Waals surface area contributed by atoms with Crippen LogP contribution in [0.5, 0.6) is 0 Å². The molecule has 0 spiro atoms. The molecule has 176 valence electrons. The number of thioether (sulfide) groups is 1. The lowest BCUT2D eigenvalue weighted by molar-refractivity contribution is -0.117. The van der Waals surface area contributed by atoms with E-state index in [2.05, 4.69) is 56.9 Å². The van der Waals surface area contributed by atoms with Gasteiger partial charge in [0.25, 0.3) is 0 Å². The summed E-state index contributed by atoms with van der Waals surface area (Å²) in [6.07, 6.45) is 2.56. The van der Waals surface area contributed by atoms with Crippen molar-refractivity contribution in [2.75, 3.05) is 29.4 Å². The van der Waals surface area contributed by atoms with Crippen LogP contribution in [0.3, 0.4) is 0 Å². The highest BCUT2D eigenvalue weighted by atomic mass is 32.2. The van der Waals surface area contributed by atoms with E-state index in [0.717, 1.165) is 48.8 Å². The number of aromatic nitrogens is 3. The van der Waals surface area contributed by atoms with E-state index in [9.17, 15) is 4.79 Å². The lowest BCUT2D eigenvalue weighted by Crippen LogP contribution is -2.37. The van der Waals surface area contributed by atoms with Crippen molar-refractivity contribution in [3.05, 3.63) is 59.7 Å². The molecule has 1 aliphatic heterocycles. The average Bonchev–Trinajstić information content (AvgIpc) is 3.51. The third-order valence-electron chi connectivity index (χ3n) is 5.99. The normalized spacial score (nSPS) is 14.1. The zero-order chi connectivity index (χ0) is 24.1. The zero-order valence-corrected chi connectivity index (χ0v) is 20.8. The molecule has 2 aromatic carbocycles. The quantitative estimate of drug-likeness (QED) is 0.432. The van der Waals surface area contributed by atoms with Crippen LogP contribution < -0.4 is 9.80 Å². The second kappa shape index (κ2) is 10.7. The molecule has 1 aliphatic rings. The van der Waals surface area contributed by atoms with E-state index < -0.39 is 5.25 Å². The van der Waals surface area contributed by atoms with Gasteiger partial charge in [-0.3, -0.25) is 9.36 Å². The van der Waals surface area contributed by atoms with E-state index in [0.29, 0.717) is 11.7 Å². The molecule has 0 radical (unpaired) electrons. The first-order valence-electron chi connectivity index (χ1n) is 11.7. The van der Waals surface area contributed by atoms with Gasteiger partial charge in [-0.25, -0.2) is 0 Å². The summed E-state index contributed by atoms with van der Waals surface area (Å²) in [5, 5.41) is 18.4. The Morgan fingerprint density at radius 2 is 1.68 bits per heavy atom. The lowest BCUT2D eigenvalue weighted by Gasteiger charge is -2.25. The topological polar surface area (TPSA) is 78.0 Å². The lowest BCUT2D eigenvalue weighted by atomic mass is 10.2. The molecule has 7 nitrogen and oxygen atoms in total. The van der Waals surface area contributed by atoms with Crippen LogP contribution >= 0.6 is 11.8 Å². The van der Waals surface area contributed by atoms with Crippen LogP contribution in [0, 0.1) is 25.2 Å². The minimum Gasteiger partial charge on any atom is -0.341 e. The van der Waals surface area contributed by atoms with E-state index in [1.807, 2.05) is 38.1 Å². The van der Waals surface area contributed by atoms with Gasteiger partial charge in [-0.2, -0.15) is 5.26 Å². The molecule has 3 aromatic rings. The second-order valence-corrected chi connectivity index (χ2v) is 9.95. The average molecular weight is 475 g/mol. The number of nitrogens with zero attached hydrogens (tertiary/aromatic N) is 6. The number of carbonyl (C=O) groups is 1. The number of benzene rings is 2. The van der Waals surface area contributed by atoms with Crippen molar-refractivity contribution in [2.24, 2.45) is 0 Å². The number of hydrogen-bond donors (Lipinski definition) is 0. The van der Waals surface area contributed by atoms with Gasteiger partial charge in [-0.15, -0.1) is 10.2 Å². The van der Waals surface area contributed by atoms with E-state index in [4.69, 9.17) is 5.26 Å². The van der Waals surface area contributed by atoms with Crippen LogP contribution in [0.15, 0.2) is 53.7 Å². The van der Waals surface area contributed by atoms with Gasteiger partial charge in [0.2, 0.25) is 11.9 Å². The van der Waals surface area contributed by atoms with Gasteiger partial charge < -0.3 is 9.80 Å². The molecule has 0 saturated carbocycles. The maximum Gasteiger partial charge on any atom is 0.240 e. The van der Waals surface area contributed by atoms with Gasteiger partial charge in [-0.05, 0) is 57.9 Å². The summed E-state index contributed by atoms with van der Waals surface area (Å²) in [6.45, 7) is 8.24. The number of anilines is 2. The fourth-order valence-electron chi connectivity index (χ4n) is 4.06. The maximum absolute atomic E-state index is 13.5. The van der Waals surface area contributed by atoms with Crippen LogP contribution in [-0.4, -0.2) is 45.6 Å².